The van der Waals surface area contributed by atoms with Crippen molar-refractivity contribution in [3.8, 4) is 5.75 Å². The molecule has 0 spiro atoms. The molecular weight excluding hydrogens is 388 g/mol. The van der Waals surface area contributed by atoms with E-state index in [0.29, 0.717) is 17.9 Å². The Labute approximate surface area is 171 Å². The highest BCUT2D eigenvalue weighted by Crippen LogP contribution is 2.22. The highest BCUT2D eigenvalue weighted by Gasteiger charge is 2.17. The van der Waals surface area contributed by atoms with Crippen molar-refractivity contribution < 1.29 is 17.9 Å². The minimum absolute atomic E-state index is 0.150. The molecule has 1 amide bonds. The van der Waals surface area contributed by atoms with E-state index in [-0.39, 0.29) is 18.9 Å². The molecule has 3 aromatic carbocycles. The molecular formula is C22H24N2O4S. The Kier molecular flexibility index (Phi) is 6.39. The second-order valence-corrected chi connectivity index (χ2v) is 8.65. The van der Waals surface area contributed by atoms with Crippen LogP contribution in [0.3, 0.4) is 0 Å². The zero-order valence-electron chi connectivity index (χ0n) is 16.5. The van der Waals surface area contributed by atoms with E-state index in [1.54, 1.807) is 31.4 Å². The molecule has 0 saturated carbocycles. The molecule has 0 heterocycles. The van der Waals surface area contributed by atoms with E-state index >= 15 is 0 Å². The summed E-state index contributed by atoms with van der Waals surface area (Å²) in [5, 5.41) is 5.03. The standard InChI is InChI=1S/C22H24N2O4S/c1-28-21-13-11-20(12-14-21)24(29(2,26)27)15-5-8-22(25)23-19-10-9-17-6-3-4-7-18(17)16-19/h3-4,6-7,9-14,16H,5,8,15H2,1-2H3,(H,23,25). The van der Waals surface area contributed by atoms with E-state index < -0.39 is 10.0 Å². The number of carbonyl (C=O) groups excluding carboxylic acids is 1. The van der Waals surface area contributed by atoms with Gasteiger partial charge in [-0.25, -0.2) is 8.42 Å². The molecule has 0 aromatic heterocycles. The van der Waals surface area contributed by atoms with Gasteiger partial charge < -0.3 is 10.1 Å². The van der Waals surface area contributed by atoms with Gasteiger partial charge in [-0.05, 0) is 53.6 Å². The molecule has 0 fully saturated rings. The molecule has 0 atom stereocenters. The van der Waals surface area contributed by atoms with Gasteiger partial charge in [-0.2, -0.15) is 0 Å². The van der Waals surface area contributed by atoms with Crippen molar-refractivity contribution in [3.63, 3.8) is 0 Å². The largest absolute Gasteiger partial charge is 0.497 e. The van der Waals surface area contributed by atoms with Crippen LogP contribution in [0.15, 0.2) is 66.7 Å². The number of benzene rings is 3. The first-order valence-corrected chi connectivity index (χ1v) is 11.1. The van der Waals surface area contributed by atoms with Crippen LogP contribution in [0.25, 0.3) is 10.8 Å². The number of carbonyl (C=O) groups is 1. The fourth-order valence-electron chi connectivity index (χ4n) is 3.11. The smallest absolute Gasteiger partial charge is 0.232 e. The quantitative estimate of drug-likeness (QED) is 0.606. The van der Waals surface area contributed by atoms with Gasteiger partial charge in [-0.15, -0.1) is 0 Å². The lowest BCUT2D eigenvalue weighted by molar-refractivity contribution is -0.116. The third-order valence-electron chi connectivity index (χ3n) is 4.56. The van der Waals surface area contributed by atoms with Gasteiger partial charge >= 0.3 is 0 Å². The van der Waals surface area contributed by atoms with Gasteiger partial charge in [-0.3, -0.25) is 9.10 Å². The normalized spacial score (nSPS) is 11.2. The number of sulfonamides is 1. The van der Waals surface area contributed by atoms with Crippen LogP contribution in [0, 0.1) is 0 Å². The minimum Gasteiger partial charge on any atom is -0.497 e. The lowest BCUT2D eigenvalue weighted by atomic mass is 10.1. The van der Waals surface area contributed by atoms with Crippen LogP contribution in [-0.2, 0) is 14.8 Å². The summed E-state index contributed by atoms with van der Waals surface area (Å²) in [6.45, 7) is 0.219. The van der Waals surface area contributed by atoms with Crippen molar-refractivity contribution >= 4 is 38.1 Å². The lowest BCUT2D eigenvalue weighted by Crippen LogP contribution is -2.31. The van der Waals surface area contributed by atoms with Gasteiger partial charge in [0, 0.05) is 18.7 Å². The Morgan fingerprint density at radius 2 is 1.69 bits per heavy atom. The summed E-state index contributed by atoms with van der Waals surface area (Å²) >= 11 is 0. The summed E-state index contributed by atoms with van der Waals surface area (Å²) in [6, 6.07) is 20.5. The predicted octanol–water partition coefficient (Wildman–Crippen LogP) is 4.03. The third-order valence-corrected chi connectivity index (χ3v) is 5.75. The minimum atomic E-state index is -3.46. The van der Waals surface area contributed by atoms with Crippen molar-refractivity contribution in [2.75, 3.05) is 29.5 Å². The number of rotatable bonds is 8. The third kappa shape index (κ3) is 5.48. The SMILES string of the molecule is COc1ccc(N(CCCC(=O)Nc2ccc3ccccc3c2)S(C)(=O)=O)cc1. The fraction of sp³-hybridized carbons (Fsp3) is 0.227. The number of hydrogen-bond acceptors (Lipinski definition) is 4. The second kappa shape index (κ2) is 8.96. The topological polar surface area (TPSA) is 75.7 Å². The van der Waals surface area contributed by atoms with E-state index in [1.807, 2.05) is 42.5 Å². The summed E-state index contributed by atoms with van der Waals surface area (Å²) in [5.74, 6) is 0.500. The number of nitrogens with zero attached hydrogens (tertiary/aromatic N) is 1. The average molecular weight is 413 g/mol. The number of amides is 1. The maximum atomic E-state index is 12.3. The van der Waals surface area contributed by atoms with Crippen LogP contribution in [0.1, 0.15) is 12.8 Å². The van der Waals surface area contributed by atoms with Gasteiger partial charge in [0.05, 0.1) is 19.1 Å². The van der Waals surface area contributed by atoms with Crippen molar-refractivity contribution in [1.82, 2.24) is 0 Å². The average Bonchev–Trinajstić information content (AvgIpc) is 2.70. The predicted molar refractivity (Wildman–Crippen MR) is 117 cm³/mol. The molecule has 3 aromatic rings. The highest BCUT2D eigenvalue weighted by molar-refractivity contribution is 7.92. The van der Waals surface area contributed by atoms with Gasteiger partial charge in [0.15, 0.2) is 0 Å². The van der Waals surface area contributed by atoms with Crippen molar-refractivity contribution in [1.29, 1.82) is 0 Å². The summed E-state index contributed by atoms with van der Waals surface area (Å²) in [4.78, 5) is 12.3. The Hall–Kier alpha value is -3.06. The molecule has 6 nitrogen and oxygen atoms in total. The van der Waals surface area contributed by atoms with Crippen LogP contribution in [0.4, 0.5) is 11.4 Å². The van der Waals surface area contributed by atoms with Crippen molar-refractivity contribution in [3.05, 3.63) is 66.7 Å². The molecule has 0 aliphatic carbocycles. The first kappa shape index (κ1) is 20.7. The molecule has 0 radical (unpaired) electrons. The molecule has 1 N–H and O–H groups in total. The highest BCUT2D eigenvalue weighted by atomic mass is 32.2. The molecule has 0 unspecified atom stereocenters. The monoisotopic (exact) mass is 412 g/mol. The van der Waals surface area contributed by atoms with Crippen LogP contribution < -0.4 is 14.4 Å². The molecule has 0 aliphatic rings. The Balaban J connectivity index is 1.60. The molecule has 152 valence electrons. The Bertz CT molecular complexity index is 1100. The van der Waals surface area contributed by atoms with Crippen LogP contribution in [-0.4, -0.2) is 34.2 Å². The van der Waals surface area contributed by atoms with Crippen molar-refractivity contribution in [2.45, 2.75) is 12.8 Å². The van der Waals surface area contributed by atoms with Crippen molar-refractivity contribution in [2.24, 2.45) is 0 Å². The van der Waals surface area contributed by atoms with Gasteiger partial charge in [0.25, 0.3) is 0 Å². The maximum absolute atomic E-state index is 12.3. The van der Waals surface area contributed by atoms with Crippen LogP contribution in [0.2, 0.25) is 0 Å². The number of methoxy groups -OCH3 is 1. The number of anilines is 2. The Morgan fingerprint density at radius 3 is 2.34 bits per heavy atom. The van der Waals surface area contributed by atoms with E-state index in [4.69, 9.17) is 4.74 Å². The Morgan fingerprint density at radius 1 is 1.00 bits per heavy atom. The first-order chi connectivity index (χ1) is 13.9. The lowest BCUT2D eigenvalue weighted by Gasteiger charge is -2.22. The van der Waals surface area contributed by atoms with Gasteiger partial charge in [0.1, 0.15) is 5.75 Å². The molecule has 0 bridgehead atoms. The fourth-order valence-corrected chi connectivity index (χ4v) is 4.07. The molecule has 3 rings (SSSR count). The van der Waals surface area contributed by atoms with E-state index in [2.05, 4.69) is 5.32 Å². The summed E-state index contributed by atoms with van der Waals surface area (Å²) in [6.07, 6.45) is 1.78. The van der Waals surface area contributed by atoms with E-state index in [1.165, 1.54) is 4.31 Å². The van der Waals surface area contributed by atoms with E-state index in [0.717, 1.165) is 22.7 Å². The molecule has 29 heavy (non-hydrogen) atoms. The number of fused-ring (bicyclic) bond motifs is 1. The first-order valence-electron chi connectivity index (χ1n) is 9.27. The zero-order chi connectivity index (χ0) is 20.9. The zero-order valence-corrected chi connectivity index (χ0v) is 17.3. The maximum Gasteiger partial charge on any atom is 0.232 e. The van der Waals surface area contributed by atoms with Gasteiger partial charge in [-0.1, -0.05) is 30.3 Å². The van der Waals surface area contributed by atoms with E-state index in [9.17, 15) is 13.2 Å². The molecule has 0 aliphatic heterocycles. The van der Waals surface area contributed by atoms with Crippen LogP contribution >= 0.6 is 0 Å². The number of ether oxygens (including phenoxy) is 1. The summed E-state index contributed by atoms with van der Waals surface area (Å²) in [7, 11) is -1.90. The second-order valence-electron chi connectivity index (χ2n) is 6.75. The molecule has 7 heteroatoms. The number of nitrogens with one attached hydrogen (secondary N) is 1. The molecule has 0 saturated heterocycles. The summed E-state index contributed by atoms with van der Waals surface area (Å²) < 4.78 is 30.8. The van der Waals surface area contributed by atoms with Crippen LogP contribution in [0.5, 0.6) is 5.75 Å². The number of hydrogen-bond donors (Lipinski definition) is 1. The van der Waals surface area contributed by atoms with Gasteiger partial charge in [0.2, 0.25) is 15.9 Å². The summed E-state index contributed by atoms with van der Waals surface area (Å²) in [5.41, 5.74) is 1.27.